The highest BCUT2D eigenvalue weighted by Crippen LogP contribution is 2.14. The van der Waals surface area contributed by atoms with Crippen LogP contribution in [0.2, 0.25) is 0 Å². The Morgan fingerprint density at radius 1 is 1.25 bits per heavy atom. The number of carbonyl (C=O) groups excluding carboxylic acids is 1. The summed E-state index contributed by atoms with van der Waals surface area (Å²) >= 11 is 0. The third-order valence-corrected chi connectivity index (χ3v) is 3.50. The maximum absolute atomic E-state index is 12.4. The van der Waals surface area contributed by atoms with E-state index < -0.39 is 0 Å². The lowest BCUT2D eigenvalue weighted by Crippen LogP contribution is -2.34. The zero-order chi connectivity index (χ0) is 14.2. The lowest BCUT2D eigenvalue weighted by atomic mass is 10.2. The van der Waals surface area contributed by atoms with Crippen LogP contribution >= 0.6 is 0 Å². The van der Waals surface area contributed by atoms with Gasteiger partial charge >= 0.3 is 0 Å². The highest BCUT2D eigenvalue weighted by atomic mass is 16.5. The first-order valence-corrected chi connectivity index (χ1v) is 7.54. The number of nitrogens with one attached hydrogen (secondary N) is 1. The van der Waals surface area contributed by atoms with Crippen molar-refractivity contribution in [1.29, 1.82) is 0 Å². The summed E-state index contributed by atoms with van der Waals surface area (Å²) in [7, 11) is 0. The molecule has 0 aromatic heterocycles. The Kier molecular flexibility index (Phi) is 5.87. The fourth-order valence-electron chi connectivity index (χ4n) is 2.26. The van der Waals surface area contributed by atoms with Crippen LogP contribution in [-0.2, 0) is 0 Å². The molecule has 0 radical (unpaired) electrons. The van der Waals surface area contributed by atoms with Gasteiger partial charge in [0.25, 0.3) is 5.91 Å². The van der Waals surface area contributed by atoms with Crippen LogP contribution in [0.5, 0.6) is 5.75 Å². The molecule has 0 atom stereocenters. The third kappa shape index (κ3) is 4.23. The van der Waals surface area contributed by atoms with Crippen LogP contribution in [0, 0.1) is 0 Å². The Balaban J connectivity index is 1.92. The maximum atomic E-state index is 12.4. The monoisotopic (exact) mass is 276 g/mol. The van der Waals surface area contributed by atoms with Crippen molar-refractivity contribution in [2.24, 2.45) is 0 Å². The summed E-state index contributed by atoms with van der Waals surface area (Å²) in [6.07, 6.45) is 3.20. The molecule has 20 heavy (non-hydrogen) atoms. The molecule has 0 spiro atoms. The standard InChI is InChI=1S/C16H24N2O2/c1-2-3-13-20-15-7-5-14(6-8-15)16(19)18-11-4-9-17-10-12-18/h5-8,17H,2-4,9-13H2,1H3. The predicted molar refractivity (Wildman–Crippen MR) is 80.2 cm³/mol. The molecular formula is C16H24N2O2. The molecule has 1 fully saturated rings. The number of unbranched alkanes of at least 4 members (excludes halogenated alkanes) is 1. The smallest absolute Gasteiger partial charge is 0.253 e. The van der Waals surface area contributed by atoms with Crippen molar-refractivity contribution >= 4 is 5.91 Å². The third-order valence-electron chi connectivity index (χ3n) is 3.50. The molecule has 1 amide bonds. The highest BCUT2D eigenvalue weighted by Gasteiger charge is 2.16. The minimum absolute atomic E-state index is 0.119. The molecular weight excluding hydrogens is 252 g/mol. The summed E-state index contributed by atoms with van der Waals surface area (Å²) in [4.78, 5) is 14.3. The molecule has 0 unspecified atom stereocenters. The van der Waals surface area contributed by atoms with E-state index in [0.29, 0.717) is 0 Å². The highest BCUT2D eigenvalue weighted by molar-refractivity contribution is 5.94. The molecule has 110 valence electrons. The second-order valence-electron chi connectivity index (χ2n) is 5.12. The van der Waals surface area contributed by atoms with Crippen LogP contribution < -0.4 is 10.1 Å². The molecule has 1 N–H and O–H groups in total. The summed E-state index contributed by atoms with van der Waals surface area (Å²) < 4.78 is 5.61. The van der Waals surface area contributed by atoms with Gasteiger partial charge in [0, 0.05) is 25.2 Å². The van der Waals surface area contributed by atoms with E-state index in [2.05, 4.69) is 12.2 Å². The molecule has 0 aliphatic carbocycles. The van der Waals surface area contributed by atoms with E-state index in [0.717, 1.165) is 63.4 Å². The van der Waals surface area contributed by atoms with Crippen LogP contribution in [0.3, 0.4) is 0 Å². The molecule has 1 aromatic carbocycles. The minimum Gasteiger partial charge on any atom is -0.494 e. The van der Waals surface area contributed by atoms with Crippen molar-refractivity contribution in [3.63, 3.8) is 0 Å². The van der Waals surface area contributed by atoms with Gasteiger partial charge in [0.15, 0.2) is 0 Å². The molecule has 1 aromatic rings. The van der Waals surface area contributed by atoms with Gasteiger partial charge < -0.3 is 15.0 Å². The SMILES string of the molecule is CCCCOc1ccc(C(=O)N2CCCNCC2)cc1. The normalized spacial score (nSPS) is 15.8. The lowest BCUT2D eigenvalue weighted by molar-refractivity contribution is 0.0766. The Labute approximate surface area is 121 Å². The van der Waals surface area contributed by atoms with Gasteiger partial charge in [0.1, 0.15) is 5.75 Å². The summed E-state index contributed by atoms with van der Waals surface area (Å²) in [6, 6.07) is 7.50. The Morgan fingerprint density at radius 2 is 2.05 bits per heavy atom. The maximum Gasteiger partial charge on any atom is 0.253 e. The first-order valence-electron chi connectivity index (χ1n) is 7.54. The molecule has 0 bridgehead atoms. The average molecular weight is 276 g/mol. The molecule has 1 saturated heterocycles. The zero-order valence-corrected chi connectivity index (χ0v) is 12.2. The van der Waals surface area contributed by atoms with E-state index in [1.54, 1.807) is 0 Å². The van der Waals surface area contributed by atoms with Crippen LogP contribution in [-0.4, -0.2) is 43.6 Å². The van der Waals surface area contributed by atoms with Gasteiger partial charge in [-0.25, -0.2) is 0 Å². The zero-order valence-electron chi connectivity index (χ0n) is 12.2. The molecule has 1 aliphatic heterocycles. The second-order valence-corrected chi connectivity index (χ2v) is 5.12. The van der Waals surface area contributed by atoms with Gasteiger partial charge in [-0.15, -0.1) is 0 Å². The van der Waals surface area contributed by atoms with Crippen molar-refractivity contribution < 1.29 is 9.53 Å². The molecule has 0 saturated carbocycles. The van der Waals surface area contributed by atoms with Gasteiger partial charge in [0.05, 0.1) is 6.61 Å². The van der Waals surface area contributed by atoms with Crippen LogP contribution in [0.25, 0.3) is 0 Å². The second kappa shape index (κ2) is 7.90. The summed E-state index contributed by atoms with van der Waals surface area (Å²) in [6.45, 7) is 6.37. The fraction of sp³-hybridized carbons (Fsp3) is 0.562. The van der Waals surface area contributed by atoms with Gasteiger partial charge in [-0.2, -0.15) is 0 Å². The number of ether oxygens (including phenoxy) is 1. The quantitative estimate of drug-likeness (QED) is 0.839. The number of amides is 1. The van der Waals surface area contributed by atoms with E-state index in [1.165, 1.54) is 0 Å². The Hall–Kier alpha value is -1.55. The fourth-order valence-corrected chi connectivity index (χ4v) is 2.26. The molecule has 4 nitrogen and oxygen atoms in total. The molecule has 1 heterocycles. The lowest BCUT2D eigenvalue weighted by Gasteiger charge is -2.20. The summed E-state index contributed by atoms with van der Waals surface area (Å²) in [5, 5.41) is 3.31. The van der Waals surface area contributed by atoms with Crippen LogP contribution in [0.1, 0.15) is 36.5 Å². The van der Waals surface area contributed by atoms with Crippen molar-refractivity contribution in [2.75, 3.05) is 32.8 Å². The van der Waals surface area contributed by atoms with Gasteiger partial charge in [-0.05, 0) is 43.7 Å². The van der Waals surface area contributed by atoms with E-state index in [-0.39, 0.29) is 5.91 Å². The van der Waals surface area contributed by atoms with E-state index in [1.807, 2.05) is 29.2 Å². The van der Waals surface area contributed by atoms with Crippen molar-refractivity contribution in [3.8, 4) is 5.75 Å². The van der Waals surface area contributed by atoms with E-state index in [9.17, 15) is 4.79 Å². The first kappa shape index (κ1) is 14.9. The van der Waals surface area contributed by atoms with Gasteiger partial charge in [-0.1, -0.05) is 13.3 Å². The number of nitrogens with zero attached hydrogens (tertiary/aromatic N) is 1. The minimum atomic E-state index is 0.119. The molecule has 4 heteroatoms. The average Bonchev–Trinajstić information content (AvgIpc) is 2.77. The van der Waals surface area contributed by atoms with E-state index in [4.69, 9.17) is 4.74 Å². The molecule has 1 aliphatic rings. The first-order chi connectivity index (χ1) is 9.81. The summed E-state index contributed by atoms with van der Waals surface area (Å²) in [5.74, 6) is 0.960. The number of carbonyl (C=O) groups is 1. The van der Waals surface area contributed by atoms with Gasteiger partial charge in [0.2, 0.25) is 0 Å². The topological polar surface area (TPSA) is 41.6 Å². The van der Waals surface area contributed by atoms with Crippen LogP contribution in [0.15, 0.2) is 24.3 Å². The molecule has 2 rings (SSSR count). The number of hydrogen-bond acceptors (Lipinski definition) is 3. The van der Waals surface area contributed by atoms with Crippen molar-refractivity contribution in [3.05, 3.63) is 29.8 Å². The van der Waals surface area contributed by atoms with Crippen LogP contribution in [0.4, 0.5) is 0 Å². The van der Waals surface area contributed by atoms with E-state index >= 15 is 0 Å². The largest absolute Gasteiger partial charge is 0.494 e. The predicted octanol–water partition coefficient (Wildman–Crippen LogP) is 2.30. The van der Waals surface area contributed by atoms with Crippen molar-refractivity contribution in [1.82, 2.24) is 10.2 Å². The Bertz CT molecular complexity index is 409. The number of benzene rings is 1. The Morgan fingerprint density at radius 3 is 2.80 bits per heavy atom. The number of hydrogen-bond donors (Lipinski definition) is 1. The summed E-state index contributed by atoms with van der Waals surface area (Å²) in [5.41, 5.74) is 0.745. The van der Waals surface area contributed by atoms with Crippen molar-refractivity contribution in [2.45, 2.75) is 26.2 Å². The number of rotatable bonds is 5. The van der Waals surface area contributed by atoms with Gasteiger partial charge in [-0.3, -0.25) is 4.79 Å².